The number of carbonyl (C=O) groups excluding carboxylic acids is 1. The SMILES string of the molecule is CCCN(C(=O)c1cc(F)cc2[nH]cnc12)C1CCNC1. The number of carbonyl (C=O) groups is 1. The van der Waals surface area contributed by atoms with Crippen LogP contribution in [0.25, 0.3) is 11.0 Å². The molecule has 21 heavy (non-hydrogen) atoms. The molecule has 2 heterocycles. The number of aromatic amines is 1. The number of nitrogens with one attached hydrogen (secondary N) is 2. The number of imidazole rings is 1. The molecule has 1 saturated heterocycles. The summed E-state index contributed by atoms with van der Waals surface area (Å²) in [5.74, 6) is -0.557. The normalized spacial score (nSPS) is 18.3. The molecule has 2 N–H and O–H groups in total. The number of rotatable bonds is 4. The van der Waals surface area contributed by atoms with Crippen molar-refractivity contribution in [3.05, 3.63) is 29.8 Å². The molecule has 1 atom stereocenters. The van der Waals surface area contributed by atoms with Crippen LogP contribution in [-0.2, 0) is 0 Å². The van der Waals surface area contributed by atoms with Gasteiger partial charge in [0.25, 0.3) is 5.91 Å². The molecule has 1 aromatic carbocycles. The van der Waals surface area contributed by atoms with Crippen molar-refractivity contribution in [3.63, 3.8) is 0 Å². The van der Waals surface area contributed by atoms with E-state index in [0.29, 0.717) is 23.1 Å². The number of fused-ring (bicyclic) bond motifs is 1. The standard InChI is InChI=1S/C15H19FN4O/c1-2-5-20(11-3-4-17-8-11)15(21)12-6-10(16)7-13-14(12)19-9-18-13/h6-7,9,11,17H,2-5,8H2,1H3,(H,18,19). The van der Waals surface area contributed by atoms with Gasteiger partial charge in [-0.2, -0.15) is 0 Å². The topological polar surface area (TPSA) is 61.0 Å². The summed E-state index contributed by atoms with van der Waals surface area (Å²) in [4.78, 5) is 21.7. The number of amides is 1. The van der Waals surface area contributed by atoms with E-state index in [1.165, 1.54) is 18.5 Å². The molecule has 0 radical (unpaired) electrons. The molecule has 5 nitrogen and oxygen atoms in total. The van der Waals surface area contributed by atoms with Crippen LogP contribution in [0.5, 0.6) is 0 Å². The summed E-state index contributed by atoms with van der Waals surface area (Å²) in [5, 5.41) is 3.27. The zero-order valence-corrected chi connectivity index (χ0v) is 12.0. The fourth-order valence-electron chi connectivity index (χ4n) is 2.93. The Balaban J connectivity index is 1.98. The minimum absolute atomic E-state index is 0.137. The zero-order chi connectivity index (χ0) is 14.8. The number of H-pyrrole nitrogens is 1. The predicted octanol–water partition coefficient (Wildman–Crippen LogP) is 1.92. The maximum absolute atomic E-state index is 13.7. The van der Waals surface area contributed by atoms with Crippen LogP contribution >= 0.6 is 0 Å². The molecule has 0 bridgehead atoms. The van der Waals surface area contributed by atoms with E-state index < -0.39 is 5.82 Å². The van der Waals surface area contributed by atoms with Gasteiger partial charge in [-0.25, -0.2) is 9.37 Å². The van der Waals surface area contributed by atoms with Gasteiger partial charge >= 0.3 is 0 Å². The zero-order valence-electron chi connectivity index (χ0n) is 12.0. The Morgan fingerprint density at radius 3 is 3.10 bits per heavy atom. The van der Waals surface area contributed by atoms with Crippen LogP contribution in [-0.4, -0.2) is 46.5 Å². The molecule has 0 saturated carbocycles. The Morgan fingerprint density at radius 1 is 1.52 bits per heavy atom. The molecule has 2 aromatic rings. The first-order valence-corrected chi connectivity index (χ1v) is 7.35. The molecule has 1 fully saturated rings. The maximum Gasteiger partial charge on any atom is 0.256 e. The van der Waals surface area contributed by atoms with Crippen molar-refractivity contribution in [3.8, 4) is 0 Å². The predicted molar refractivity (Wildman–Crippen MR) is 78.7 cm³/mol. The smallest absolute Gasteiger partial charge is 0.256 e. The molecular weight excluding hydrogens is 271 g/mol. The van der Waals surface area contributed by atoms with Gasteiger partial charge in [0.15, 0.2) is 0 Å². The lowest BCUT2D eigenvalue weighted by molar-refractivity contribution is 0.0693. The summed E-state index contributed by atoms with van der Waals surface area (Å²) >= 11 is 0. The summed E-state index contributed by atoms with van der Waals surface area (Å²) in [6.07, 6.45) is 3.30. The Hall–Kier alpha value is -1.95. The monoisotopic (exact) mass is 290 g/mol. The molecule has 112 valence electrons. The van der Waals surface area contributed by atoms with Gasteiger partial charge in [0.2, 0.25) is 0 Å². The van der Waals surface area contributed by atoms with Crippen molar-refractivity contribution >= 4 is 16.9 Å². The molecular formula is C15H19FN4O. The number of hydrogen-bond donors (Lipinski definition) is 2. The van der Waals surface area contributed by atoms with Crippen molar-refractivity contribution < 1.29 is 9.18 Å². The van der Waals surface area contributed by atoms with Gasteiger partial charge in [0.1, 0.15) is 11.3 Å². The molecule has 1 aliphatic heterocycles. The highest BCUT2D eigenvalue weighted by Gasteiger charge is 2.28. The van der Waals surface area contributed by atoms with Gasteiger partial charge in [-0.05, 0) is 31.5 Å². The molecule has 1 aromatic heterocycles. The molecule has 1 aliphatic rings. The molecule has 1 amide bonds. The van der Waals surface area contributed by atoms with Crippen molar-refractivity contribution in [2.75, 3.05) is 19.6 Å². The number of benzene rings is 1. The van der Waals surface area contributed by atoms with Crippen LogP contribution in [0.4, 0.5) is 4.39 Å². The molecule has 3 rings (SSSR count). The lowest BCUT2D eigenvalue weighted by atomic mass is 10.1. The third-order valence-corrected chi connectivity index (χ3v) is 3.92. The van der Waals surface area contributed by atoms with E-state index >= 15 is 0 Å². The fourth-order valence-corrected chi connectivity index (χ4v) is 2.93. The van der Waals surface area contributed by atoms with Crippen LogP contribution in [0.2, 0.25) is 0 Å². The quantitative estimate of drug-likeness (QED) is 0.904. The maximum atomic E-state index is 13.7. The number of halogens is 1. The van der Waals surface area contributed by atoms with E-state index in [-0.39, 0.29) is 11.9 Å². The minimum atomic E-state index is -0.420. The first-order chi connectivity index (χ1) is 10.2. The van der Waals surface area contributed by atoms with E-state index in [0.717, 1.165) is 25.9 Å². The Labute approximate surface area is 122 Å². The van der Waals surface area contributed by atoms with E-state index in [1.807, 2.05) is 11.8 Å². The molecule has 0 aliphatic carbocycles. The van der Waals surface area contributed by atoms with Gasteiger partial charge < -0.3 is 15.2 Å². The van der Waals surface area contributed by atoms with Gasteiger partial charge in [-0.15, -0.1) is 0 Å². The summed E-state index contributed by atoms with van der Waals surface area (Å²) in [6.45, 7) is 4.43. The summed E-state index contributed by atoms with van der Waals surface area (Å²) in [6, 6.07) is 2.83. The van der Waals surface area contributed by atoms with Gasteiger partial charge in [0.05, 0.1) is 17.4 Å². The first-order valence-electron chi connectivity index (χ1n) is 7.35. The van der Waals surface area contributed by atoms with E-state index in [9.17, 15) is 9.18 Å². The fraction of sp³-hybridized carbons (Fsp3) is 0.467. The van der Waals surface area contributed by atoms with Crippen LogP contribution in [0, 0.1) is 5.82 Å². The van der Waals surface area contributed by atoms with Gasteiger partial charge in [-0.3, -0.25) is 4.79 Å². The first kappa shape index (κ1) is 14.0. The number of aromatic nitrogens is 2. The average molecular weight is 290 g/mol. The highest BCUT2D eigenvalue weighted by Crippen LogP contribution is 2.21. The lowest BCUT2D eigenvalue weighted by Gasteiger charge is -2.28. The van der Waals surface area contributed by atoms with E-state index in [4.69, 9.17) is 0 Å². The van der Waals surface area contributed by atoms with Crippen LogP contribution < -0.4 is 5.32 Å². The number of nitrogens with zero attached hydrogens (tertiary/aromatic N) is 2. The summed E-state index contributed by atoms with van der Waals surface area (Å²) in [5.41, 5.74) is 1.43. The van der Waals surface area contributed by atoms with Gasteiger partial charge in [-0.1, -0.05) is 6.92 Å². The summed E-state index contributed by atoms with van der Waals surface area (Å²) < 4.78 is 13.7. The average Bonchev–Trinajstić information content (AvgIpc) is 3.13. The Kier molecular flexibility index (Phi) is 3.88. The second-order valence-corrected chi connectivity index (χ2v) is 5.40. The van der Waals surface area contributed by atoms with Crippen molar-refractivity contribution in [1.82, 2.24) is 20.2 Å². The van der Waals surface area contributed by atoms with Gasteiger partial charge in [0, 0.05) is 19.1 Å². The Bertz CT molecular complexity index is 648. The van der Waals surface area contributed by atoms with Crippen LogP contribution in [0.1, 0.15) is 30.1 Å². The highest BCUT2D eigenvalue weighted by atomic mass is 19.1. The van der Waals surface area contributed by atoms with Crippen LogP contribution in [0.3, 0.4) is 0 Å². The molecule has 1 unspecified atom stereocenters. The molecule has 6 heteroatoms. The second-order valence-electron chi connectivity index (χ2n) is 5.40. The third-order valence-electron chi connectivity index (χ3n) is 3.92. The van der Waals surface area contributed by atoms with Crippen LogP contribution in [0.15, 0.2) is 18.5 Å². The van der Waals surface area contributed by atoms with Crippen molar-refractivity contribution in [2.45, 2.75) is 25.8 Å². The third kappa shape index (κ3) is 2.63. The highest BCUT2D eigenvalue weighted by molar-refractivity contribution is 6.05. The van der Waals surface area contributed by atoms with E-state index in [1.54, 1.807) is 0 Å². The number of hydrogen-bond acceptors (Lipinski definition) is 3. The minimum Gasteiger partial charge on any atom is -0.344 e. The lowest BCUT2D eigenvalue weighted by Crippen LogP contribution is -2.42. The Morgan fingerprint density at radius 2 is 2.38 bits per heavy atom. The molecule has 0 spiro atoms. The largest absolute Gasteiger partial charge is 0.344 e. The van der Waals surface area contributed by atoms with Crippen molar-refractivity contribution in [1.29, 1.82) is 0 Å². The second kappa shape index (κ2) is 5.81. The summed E-state index contributed by atoms with van der Waals surface area (Å²) in [7, 11) is 0. The van der Waals surface area contributed by atoms with Crippen molar-refractivity contribution in [2.24, 2.45) is 0 Å². The van der Waals surface area contributed by atoms with E-state index in [2.05, 4.69) is 15.3 Å².